The molecule has 1 heterocycles. The molecule has 0 aromatic heterocycles. The quantitative estimate of drug-likeness (QED) is 0.772. The maximum absolute atomic E-state index is 11.6. The van der Waals surface area contributed by atoms with Crippen LogP contribution in [0.5, 0.6) is 0 Å². The third-order valence-electron chi connectivity index (χ3n) is 3.14. The molecule has 0 spiro atoms. The normalized spacial score (nSPS) is 15.8. The van der Waals surface area contributed by atoms with Gasteiger partial charge in [0.05, 0.1) is 6.54 Å². The molecule has 2 nitrogen and oxygen atoms in total. The summed E-state index contributed by atoms with van der Waals surface area (Å²) in [5.74, 6) is 0.377. The zero-order valence-electron chi connectivity index (χ0n) is 9.91. The third kappa shape index (κ3) is 2.70. The van der Waals surface area contributed by atoms with E-state index in [1.54, 1.807) is 0 Å². The Morgan fingerprint density at radius 3 is 2.81 bits per heavy atom. The van der Waals surface area contributed by atoms with Gasteiger partial charge in [0.2, 0.25) is 0 Å². The number of hydrogen-bond acceptors (Lipinski definition) is 2. The van der Waals surface area contributed by atoms with Crippen molar-refractivity contribution in [3.63, 3.8) is 0 Å². The monoisotopic (exact) mass is 217 g/mol. The molecule has 0 bridgehead atoms. The van der Waals surface area contributed by atoms with Crippen LogP contribution in [0, 0.1) is 0 Å². The fourth-order valence-electron chi connectivity index (χ4n) is 2.30. The van der Waals surface area contributed by atoms with E-state index in [2.05, 4.69) is 36.1 Å². The van der Waals surface area contributed by atoms with Crippen LogP contribution in [0.2, 0.25) is 0 Å². The van der Waals surface area contributed by atoms with Gasteiger partial charge in [-0.15, -0.1) is 0 Å². The van der Waals surface area contributed by atoms with Crippen molar-refractivity contribution in [2.24, 2.45) is 0 Å². The molecule has 0 N–H and O–H groups in total. The summed E-state index contributed by atoms with van der Waals surface area (Å²) >= 11 is 0. The Hall–Kier alpha value is -1.15. The molecule has 0 fully saturated rings. The predicted octanol–water partition coefficient (Wildman–Crippen LogP) is 2.41. The van der Waals surface area contributed by atoms with Crippen LogP contribution >= 0.6 is 0 Å². The Balaban J connectivity index is 1.95. The van der Waals surface area contributed by atoms with E-state index in [-0.39, 0.29) is 0 Å². The van der Waals surface area contributed by atoms with Crippen LogP contribution in [0.25, 0.3) is 0 Å². The highest BCUT2D eigenvalue weighted by Gasteiger charge is 2.17. The van der Waals surface area contributed by atoms with Gasteiger partial charge in [-0.05, 0) is 24.0 Å². The van der Waals surface area contributed by atoms with E-state index in [4.69, 9.17) is 0 Å². The number of carbonyl (C=O) groups is 1. The molecule has 2 rings (SSSR count). The molecule has 0 amide bonds. The molecule has 86 valence electrons. The Labute approximate surface area is 97.3 Å². The first-order chi connectivity index (χ1) is 7.79. The van der Waals surface area contributed by atoms with Gasteiger partial charge in [0.25, 0.3) is 0 Å². The molecule has 0 aliphatic carbocycles. The van der Waals surface area contributed by atoms with Crippen LogP contribution in [0.1, 0.15) is 30.9 Å². The van der Waals surface area contributed by atoms with Crippen LogP contribution in [-0.4, -0.2) is 23.8 Å². The number of hydrogen-bond donors (Lipinski definition) is 0. The highest BCUT2D eigenvalue weighted by Crippen LogP contribution is 2.18. The van der Waals surface area contributed by atoms with Gasteiger partial charge in [-0.25, -0.2) is 0 Å². The summed E-state index contributed by atoms with van der Waals surface area (Å²) in [6.07, 6.45) is 2.76. The standard InChI is InChI=1S/C14H19NO/c1-2-5-14(16)11-15-9-8-12-6-3-4-7-13(12)10-15/h3-4,6-7H,2,5,8-11H2,1H3. The lowest BCUT2D eigenvalue weighted by atomic mass is 9.99. The Morgan fingerprint density at radius 1 is 1.31 bits per heavy atom. The molecule has 0 saturated heterocycles. The second-order valence-electron chi connectivity index (χ2n) is 4.52. The van der Waals surface area contributed by atoms with E-state index in [0.29, 0.717) is 12.3 Å². The number of rotatable bonds is 4. The first kappa shape index (κ1) is 11.3. The van der Waals surface area contributed by atoms with Crippen molar-refractivity contribution in [3.05, 3.63) is 35.4 Å². The molecule has 1 aliphatic rings. The van der Waals surface area contributed by atoms with Crippen LogP contribution < -0.4 is 0 Å². The van der Waals surface area contributed by atoms with Crippen molar-refractivity contribution in [2.75, 3.05) is 13.1 Å². The van der Waals surface area contributed by atoms with Crippen molar-refractivity contribution < 1.29 is 4.79 Å². The minimum absolute atomic E-state index is 0.377. The highest BCUT2D eigenvalue weighted by atomic mass is 16.1. The first-order valence-corrected chi connectivity index (χ1v) is 6.10. The molecule has 0 radical (unpaired) electrons. The van der Waals surface area contributed by atoms with Crippen molar-refractivity contribution in [3.8, 4) is 0 Å². The molecule has 1 aliphatic heterocycles. The minimum atomic E-state index is 0.377. The third-order valence-corrected chi connectivity index (χ3v) is 3.14. The maximum Gasteiger partial charge on any atom is 0.146 e. The van der Waals surface area contributed by atoms with E-state index in [0.717, 1.165) is 32.4 Å². The highest BCUT2D eigenvalue weighted by molar-refractivity contribution is 5.80. The van der Waals surface area contributed by atoms with Crippen LogP contribution in [0.15, 0.2) is 24.3 Å². The van der Waals surface area contributed by atoms with Crippen molar-refractivity contribution in [1.29, 1.82) is 0 Å². The van der Waals surface area contributed by atoms with E-state index < -0.39 is 0 Å². The summed E-state index contributed by atoms with van der Waals surface area (Å²) in [5, 5.41) is 0. The van der Waals surface area contributed by atoms with Crippen molar-refractivity contribution >= 4 is 5.78 Å². The van der Waals surface area contributed by atoms with E-state index >= 15 is 0 Å². The van der Waals surface area contributed by atoms with E-state index in [1.807, 2.05) is 0 Å². The molecule has 0 saturated carbocycles. The second-order valence-corrected chi connectivity index (χ2v) is 4.52. The van der Waals surface area contributed by atoms with Gasteiger partial charge in [0.15, 0.2) is 0 Å². The van der Waals surface area contributed by atoms with E-state index in [9.17, 15) is 4.79 Å². The summed E-state index contributed by atoms with van der Waals surface area (Å²) < 4.78 is 0. The van der Waals surface area contributed by atoms with Gasteiger partial charge in [-0.1, -0.05) is 31.2 Å². The largest absolute Gasteiger partial charge is 0.298 e. The molecule has 0 unspecified atom stereocenters. The second kappa shape index (κ2) is 5.26. The summed E-state index contributed by atoms with van der Waals surface area (Å²) in [7, 11) is 0. The zero-order chi connectivity index (χ0) is 11.4. The number of benzene rings is 1. The maximum atomic E-state index is 11.6. The molecular formula is C14H19NO. The fourth-order valence-corrected chi connectivity index (χ4v) is 2.30. The van der Waals surface area contributed by atoms with Gasteiger partial charge < -0.3 is 0 Å². The van der Waals surface area contributed by atoms with Gasteiger partial charge in [-0.2, -0.15) is 0 Å². The van der Waals surface area contributed by atoms with Crippen LogP contribution in [-0.2, 0) is 17.8 Å². The number of carbonyl (C=O) groups excluding carboxylic acids is 1. The summed E-state index contributed by atoms with van der Waals surface area (Å²) in [4.78, 5) is 13.8. The SMILES string of the molecule is CCCC(=O)CN1CCc2ccccc2C1. The smallest absolute Gasteiger partial charge is 0.146 e. The molecular weight excluding hydrogens is 198 g/mol. The molecule has 16 heavy (non-hydrogen) atoms. The van der Waals surface area contributed by atoms with Crippen molar-refractivity contribution in [1.82, 2.24) is 4.90 Å². The zero-order valence-corrected chi connectivity index (χ0v) is 9.91. The van der Waals surface area contributed by atoms with Gasteiger partial charge in [-0.3, -0.25) is 9.69 Å². The number of Topliss-reactive ketones (excluding diaryl/α,β-unsaturated/α-hetero) is 1. The summed E-state index contributed by atoms with van der Waals surface area (Å²) in [5.41, 5.74) is 2.83. The average molecular weight is 217 g/mol. The molecule has 1 aromatic rings. The average Bonchev–Trinajstić information content (AvgIpc) is 2.29. The van der Waals surface area contributed by atoms with Gasteiger partial charge in [0.1, 0.15) is 5.78 Å². The van der Waals surface area contributed by atoms with Crippen LogP contribution in [0.3, 0.4) is 0 Å². The minimum Gasteiger partial charge on any atom is -0.298 e. The fraction of sp³-hybridized carbons (Fsp3) is 0.500. The van der Waals surface area contributed by atoms with Gasteiger partial charge >= 0.3 is 0 Å². The van der Waals surface area contributed by atoms with E-state index in [1.165, 1.54) is 11.1 Å². The number of ketones is 1. The summed E-state index contributed by atoms with van der Waals surface area (Å²) in [6.45, 7) is 4.64. The van der Waals surface area contributed by atoms with Crippen molar-refractivity contribution in [2.45, 2.75) is 32.7 Å². The van der Waals surface area contributed by atoms with Crippen LogP contribution in [0.4, 0.5) is 0 Å². The summed E-state index contributed by atoms with van der Waals surface area (Å²) in [6, 6.07) is 8.54. The molecule has 2 heteroatoms. The lowest BCUT2D eigenvalue weighted by Gasteiger charge is -2.27. The Morgan fingerprint density at radius 2 is 2.06 bits per heavy atom. The molecule has 1 aromatic carbocycles. The topological polar surface area (TPSA) is 20.3 Å². The lowest BCUT2D eigenvalue weighted by Crippen LogP contribution is -2.34. The Kier molecular flexibility index (Phi) is 3.73. The van der Waals surface area contributed by atoms with Gasteiger partial charge in [0, 0.05) is 19.5 Å². The predicted molar refractivity (Wildman–Crippen MR) is 65.3 cm³/mol. The first-order valence-electron chi connectivity index (χ1n) is 6.10. The Bertz CT molecular complexity index is 373. The number of fused-ring (bicyclic) bond motifs is 1. The lowest BCUT2D eigenvalue weighted by molar-refractivity contribution is -0.120. The molecule has 0 atom stereocenters. The number of nitrogens with zero attached hydrogens (tertiary/aromatic N) is 1.